The largest absolute Gasteiger partial charge is 0.354 e. The maximum atomic E-state index is 11.8. The quantitative estimate of drug-likeness (QED) is 0.702. The summed E-state index contributed by atoms with van der Waals surface area (Å²) in [7, 11) is 4.58. The first kappa shape index (κ1) is 20.3. The van der Waals surface area contributed by atoms with Crippen LogP contribution in [0.1, 0.15) is 91.9 Å². The number of carbonyl (C=O) groups excluding carboxylic acids is 1. The van der Waals surface area contributed by atoms with Crippen LogP contribution in [-0.4, -0.2) is 37.0 Å². The van der Waals surface area contributed by atoms with Crippen LogP contribution >= 0.6 is 0 Å². The first-order valence-electron chi connectivity index (χ1n) is 12.5. The van der Waals surface area contributed by atoms with E-state index in [0.717, 1.165) is 17.9 Å². The van der Waals surface area contributed by atoms with E-state index < -0.39 is 0 Å². The number of amides is 1. The first-order valence-corrected chi connectivity index (χ1v) is 12.5. The SMILES string of the molecule is CC(=O)NC(C)C1CCC2(C)C3CCC4CC(N(C)C)CCC45CC35CCC12C. The Morgan fingerprint density at radius 1 is 0.966 bits per heavy atom. The lowest BCUT2D eigenvalue weighted by atomic mass is 9.43. The zero-order chi connectivity index (χ0) is 20.8. The van der Waals surface area contributed by atoms with Gasteiger partial charge in [0.15, 0.2) is 0 Å². The van der Waals surface area contributed by atoms with Gasteiger partial charge in [0.25, 0.3) is 0 Å². The topological polar surface area (TPSA) is 32.3 Å². The number of hydrogen-bond acceptors (Lipinski definition) is 2. The lowest BCUT2D eigenvalue weighted by Crippen LogP contribution is -2.56. The second kappa shape index (κ2) is 6.24. The van der Waals surface area contributed by atoms with E-state index in [0.29, 0.717) is 33.6 Å². The Morgan fingerprint density at radius 3 is 2.41 bits per heavy atom. The van der Waals surface area contributed by atoms with E-state index in [4.69, 9.17) is 0 Å². The molecule has 1 amide bonds. The summed E-state index contributed by atoms with van der Waals surface area (Å²) in [5.41, 5.74) is 2.24. The minimum Gasteiger partial charge on any atom is -0.354 e. The van der Waals surface area contributed by atoms with Crippen LogP contribution in [0.5, 0.6) is 0 Å². The molecule has 0 aromatic carbocycles. The predicted octanol–water partition coefficient (Wildman–Crippen LogP) is 5.24. The predicted molar refractivity (Wildman–Crippen MR) is 118 cm³/mol. The van der Waals surface area contributed by atoms with Crippen LogP contribution in [0.4, 0.5) is 0 Å². The maximum absolute atomic E-state index is 11.8. The molecule has 5 rings (SSSR count). The van der Waals surface area contributed by atoms with E-state index in [9.17, 15) is 4.79 Å². The summed E-state index contributed by atoms with van der Waals surface area (Å²) in [4.78, 5) is 14.3. The molecule has 9 atom stereocenters. The van der Waals surface area contributed by atoms with Crippen molar-refractivity contribution in [3.63, 3.8) is 0 Å². The van der Waals surface area contributed by atoms with Gasteiger partial charge in [-0.15, -0.1) is 0 Å². The molecule has 9 unspecified atom stereocenters. The Balaban J connectivity index is 1.42. The van der Waals surface area contributed by atoms with Gasteiger partial charge in [0.05, 0.1) is 0 Å². The van der Waals surface area contributed by atoms with Gasteiger partial charge in [0, 0.05) is 19.0 Å². The summed E-state index contributed by atoms with van der Waals surface area (Å²) in [6.45, 7) is 9.24. The molecule has 0 radical (unpaired) electrons. The van der Waals surface area contributed by atoms with Crippen LogP contribution in [0.25, 0.3) is 0 Å². The van der Waals surface area contributed by atoms with Crippen molar-refractivity contribution in [3.05, 3.63) is 0 Å². The molecule has 5 fully saturated rings. The second-order valence-electron chi connectivity index (χ2n) is 12.7. The van der Waals surface area contributed by atoms with Crippen LogP contribution in [0.15, 0.2) is 0 Å². The Labute approximate surface area is 178 Å². The molecular formula is C26H44N2O. The second-order valence-corrected chi connectivity index (χ2v) is 12.7. The molecular weight excluding hydrogens is 356 g/mol. The summed E-state index contributed by atoms with van der Waals surface area (Å²) in [6.07, 6.45) is 14.4. The lowest BCUT2D eigenvalue weighted by molar-refractivity contribution is -0.131. The van der Waals surface area contributed by atoms with Gasteiger partial charge in [-0.2, -0.15) is 0 Å². The minimum absolute atomic E-state index is 0.140. The van der Waals surface area contributed by atoms with Gasteiger partial charge in [-0.05, 0) is 125 Å². The Morgan fingerprint density at radius 2 is 1.72 bits per heavy atom. The third kappa shape index (κ3) is 2.43. The average molecular weight is 401 g/mol. The van der Waals surface area contributed by atoms with E-state index >= 15 is 0 Å². The van der Waals surface area contributed by atoms with Gasteiger partial charge in [-0.25, -0.2) is 0 Å². The van der Waals surface area contributed by atoms with E-state index in [2.05, 4.69) is 45.1 Å². The fraction of sp³-hybridized carbons (Fsp3) is 0.962. The summed E-state index contributed by atoms with van der Waals surface area (Å²) >= 11 is 0. The van der Waals surface area contributed by atoms with Crippen molar-refractivity contribution in [1.29, 1.82) is 0 Å². The Kier molecular flexibility index (Phi) is 4.37. The lowest BCUT2D eigenvalue weighted by Gasteiger charge is -2.61. The Bertz CT molecular complexity index is 705. The average Bonchev–Trinajstić information content (AvgIpc) is 3.22. The van der Waals surface area contributed by atoms with Crippen molar-refractivity contribution >= 4 is 5.91 Å². The fourth-order valence-corrected chi connectivity index (χ4v) is 10.4. The molecule has 5 aliphatic carbocycles. The Hall–Kier alpha value is -0.570. The highest BCUT2D eigenvalue weighted by Crippen LogP contribution is 2.87. The monoisotopic (exact) mass is 400 g/mol. The van der Waals surface area contributed by atoms with Gasteiger partial charge in [0.1, 0.15) is 0 Å². The van der Waals surface area contributed by atoms with Crippen molar-refractivity contribution in [1.82, 2.24) is 10.2 Å². The molecule has 0 bridgehead atoms. The molecule has 0 aliphatic heterocycles. The van der Waals surface area contributed by atoms with E-state index in [-0.39, 0.29) is 5.91 Å². The molecule has 0 heterocycles. The molecule has 2 spiro atoms. The third-order valence-corrected chi connectivity index (χ3v) is 12.0. The number of nitrogens with zero attached hydrogens (tertiary/aromatic N) is 1. The van der Waals surface area contributed by atoms with Gasteiger partial charge < -0.3 is 10.2 Å². The number of nitrogens with one attached hydrogen (secondary N) is 1. The molecule has 0 aromatic rings. The smallest absolute Gasteiger partial charge is 0.217 e. The van der Waals surface area contributed by atoms with Crippen molar-refractivity contribution in [2.24, 2.45) is 39.4 Å². The number of fused-ring (bicyclic) bond motifs is 2. The summed E-state index contributed by atoms with van der Waals surface area (Å²) in [5, 5.41) is 3.27. The highest BCUT2D eigenvalue weighted by atomic mass is 16.1. The van der Waals surface area contributed by atoms with Crippen molar-refractivity contribution in [2.75, 3.05) is 14.1 Å². The summed E-state index contributed by atoms with van der Waals surface area (Å²) in [6, 6.07) is 1.13. The van der Waals surface area contributed by atoms with Crippen molar-refractivity contribution < 1.29 is 4.79 Å². The van der Waals surface area contributed by atoms with Crippen LogP contribution in [0.2, 0.25) is 0 Å². The molecule has 1 N–H and O–H groups in total. The number of carbonyl (C=O) groups is 1. The van der Waals surface area contributed by atoms with Crippen LogP contribution in [0, 0.1) is 39.4 Å². The molecule has 0 aromatic heterocycles. The zero-order valence-corrected chi connectivity index (χ0v) is 19.8. The highest BCUT2D eigenvalue weighted by Gasteiger charge is 2.80. The van der Waals surface area contributed by atoms with Crippen LogP contribution in [0.3, 0.4) is 0 Å². The van der Waals surface area contributed by atoms with Crippen LogP contribution < -0.4 is 5.32 Å². The molecule has 29 heavy (non-hydrogen) atoms. The molecule has 3 heteroatoms. The molecule has 3 nitrogen and oxygen atoms in total. The first-order chi connectivity index (χ1) is 13.6. The third-order valence-electron chi connectivity index (χ3n) is 12.0. The highest BCUT2D eigenvalue weighted by molar-refractivity contribution is 5.73. The number of hydrogen-bond donors (Lipinski definition) is 1. The van der Waals surface area contributed by atoms with Crippen LogP contribution in [-0.2, 0) is 4.79 Å². The van der Waals surface area contributed by atoms with E-state index in [1.54, 1.807) is 13.3 Å². The molecule has 164 valence electrons. The molecule has 0 saturated heterocycles. The number of rotatable bonds is 3. The molecule has 5 aliphatic rings. The van der Waals surface area contributed by atoms with E-state index in [1.807, 2.05) is 0 Å². The van der Waals surface area contributed by atoms with Gasteiger partial charge in [-0.3, -0.25) is 4.79 Å². The standard InChI is InChI=1S/C26H44N2O/c1-17(27-18(2)29)21-10-11-24(4)22-8-7-19-15-20(28(5)6)9-12-25(19)16-26(22,25)14-13-23(21,24)3/h17,19-22H,7-16H2,1-6H3,(H,27,29). The summed E-state index contributed by atoms with van der Waals surface area (Å²) < 4.78 is 0. The van der Waals surface area contributed by atoms with E-state index in [1.165, 1.54) is 57.8 Å². The van der Waals surface area contributed by atoms with Gasteiger partial charge in [-0.1, -0.05) is 13.8 Å². The fourth-order valence-electron chi connectivity index (χ4n) is 10.4. The molecule has 5 saturated carbocycles. The maximum Gasteiger partial charge on any atom is 0.217 e. The van der Waals surface area contributed by atoms with Crippen molar-refractivity contribution in [3.8, 4) is 0 Å². The van der Waals surface area contributed by atoms with Gasteiger partial charge >= 0.3 is 0 Å². The van der Waals surface area contributed by atoms with Crippen molar-refractivity contribution in [2.45, 2.75) is 104 Å². The van der Waals surface area contributed by atoms with Gasteiger partial charge in [0.2, 0.25) is 5.91 Å². The summed E-state index contributed by atoms with van der Waals surface area (Å²) in [5.74, 6) is 2.70. The zero-order valence-electron chi connectivity index (χ0n) is 19.8. The minimum atomic E-state index is 0.140. The normalized spacial score (nSPS) is 54.0.